The summed E-state index contributed by atoms with van der Waals surface area (Å²) in [6.07, 6.45) is 2.71. The predicted octanol–water partition coefficient (Wildman–Crippen LogP) is 0.860. The zero-order valence-corrected chi connectivity index (χ0v) is 11.8. The van der Waals surface area contributed by atoms with Gasteiger partial charge in [-0.2, -0.15) is 0 Å². The third-order valence-corrected chi connectivity index (χ3v) is 3.67. The van der Waals surface area contributed by atoms with E-state index in [0.717, 1.165) is 0 Å². The normalized spacial score (nSPS) is 24.1. The summed E-state index contributed by atoms with van der Waals surface area (Å²) in [7, 11) is 0. The van der Waals surface area contributed by atoms with Crippen LogP contribution >= 0.6 is 0 Å². The summed E-state index contributed by atoms with van der Waals surface area (Å²) in [5, 5.41) is 0. The van der Waals surface area contributed by atoms with Crippen LogP contribution in [0.25, 0.3) is 0 Å². The smallest absolute Gasteiger partial charge is 0.315 e. The Hall–Kier alpha value is -1.40. The maximum Gasteiger partial charge on any atom is 0.315 e. The molecule has 0 aliphatic carbocycles. The molecule has 1 spiro atoms. The lowest BCUT2D eigenvalue weighted by Gasteiger charge is -2.32. The molecule has 2 fully saturated rings. The van der Waals surface area contributed by atoms with Gasteiger partial charge < -0.3 is 19.1 Å². The minimum atomic E-state index is -0.724. The standard InChI is InChI=1S/C14H21NO5/c1-3-5-11-14(19-8-9-20-14)6-7-15(11)12(16)10-13(17)18-4-2/h3,11H,1,4-10H2,2H3. The van der Waals surface area contributed by atoms with Gasteiger partial charge in [0.05, 0.1) is 25.9 Å². The summed E-state index contributed by atoms with van der Waals surface area (Å²) in [6, 6.07) is -0.218. The third-order valence-electron chi connectivity index (χ3n) is 3.67. The second-order valence-corrected chi connectivity index (χ2v) is 4.87. The fourth-order valence-electron chi connectivity index (χ4n) is 2.84. The van der Waals surface area contributed by atoms with Crippen molar-refractivity contribution < 1.29 is 23.8 Å². The molecule has 1 atom stereocenters. The summed E-state index contributed by atoms with van der Waals surface area (Å²) in [6.45, 7) is 7.31. The molecule has 0 radical (unpaired) electrons. The van der Waals surface area contributed by atoms with Crippen LogP contribution in [0.5, 0.6) is 0 Å². The van der Waals surface area contributed by atoms with Crippen LogP contribution in [-0.2, 0) is 23.8 Å². The Labute approximate surface area is 118 Å². The van der Waals surface area contributed by atoms with Crippen LogP contribution in [0.4, 0.5) is 0 Å². The minimum Gasteiger partial charge on any atom is -0.466 e. The van der Waals surface area contributed by atoms with Crippen molar-refractivity contribution in [3.8, 4) is 0 Å². The highest BCUT2D eigenvalue weighted by molar-refractivity contribution is 5.94. The fourth-order valence-corrected chi connectivity index (χ4v) is 2.84. The molecule has 1 amide bonds. The van der Waals surface area contributed by atoms with Gasteiger partial charge in [-0.3, -0.25) is 9.59 Å². The molecular weight excluding hydrogens is 262 g/mol. The second-order valence-electron chi connectivity index (χ2n) is 4.87. The summed E-state index contributed by atoms with van der Waals surface area (Å²) < 4.78 is 16.3. The van der Waals surface area contributed by atoms with E-state index in [2.05, 4.69) is 6.58 Å². The molecule has 0 aromatic rings. The fraction of sp³-hybridized carbons (Fsp3) is 0.714. The second kappa shape index (κ2) is 6.37. The molecule has 6 heteroatoms. The average molecular weight is 283 g/mol. The molecule has 2 heterocycles. The highest BCUT2D eigenvalue weighted by Gasteiger charge is 2.52. The highest BCUT2D eigenvalue weighted by atomic mass is 16.7. The van der Waals surface area contributed by atoms with E-state index in [-0.39, 0.29) is 25.0 Å². The first-order chi connectivity index (χ1) is 9.63. The molecule has 0 aromatic carbocycles. The van der Waals surface area contributed by atoms with Crippen LogP contribution in [0.2, 0.25) is 0 Å². The Kier molecular flexibility index (Phi) is 4.77. The lowest BCUT2D eigenvalue weighted by molar-refractivity contribution is -0.177. The summed E-state index contributed by atoms with van der Waals surface area (Å²) in [5.74, 6) is -1.46. The van der Waals surface area contributed by atoms with Gasteiger partial charge >= 0.3 is 5.97 Å². The van der Waals surface area contributed by atoms with Gasteiger partial charge in [0.15, 0.2) is 5.79 Å². The van der Waals surface area contributed by atoms with Gasteiger partial charge in [-0.15, -0.1) is 6.58 Å². The zero-order chi connectivity index (χ0) is 14.6. The van der Waals surface area contributed by atoms with Crippen molar-refractivity contribution in [3.63, 3.8) is 0 Å². The van der Waals surface area contributed by atoms with Gasteiger partial charge in [0.25, 0.3) is 0 Å². The highest BCUT2D eigenvalue weighted by Crippen LogP contribution is 2.38. The first kappa shape index (κ1) is 15.0. The van der Waals surface area contributed by atoms with Crippen molar-refractivity contribution in [2.45, 2.75) is 38.0 Å². The Morgan fingerprint density at radius 3 is 2.75 bits per heavy atom. The van der Waals surface area contributed by atoms with Crippen LogP contribution in [0.1, 0.15) is 26.2 Å². The number of rotatable bonds is 5. The van der Waals surface area contributed by atoms with Crippen LogP contribution in [0.15, 0.2) is 12.7 Å². The van der Waals surface area contributed by atoms with Crippen molar-refractivity contribution in [3.05, 3.63) is 12.7 Å². The minimum absolute atomic E-state index is 0.218. The Morgan fingerprint density at radius 2 is 2.15 bits per heavy atom. The number of carbonyl (C=O) groups is 2. The molecule has 0 bridgehead atoms. The zero-order valence-electron chi connectivity index (χ0n) is 11.8. The molecule has 2 aliphatic rings. The van der Waals surface area contributed by atoms with Crippen LogP contribution < -0.4 is 0 Å². The number of carbonyl (C=O) groups excluding carboxylic acids is 2. The van der Waals surface area contributed by atoms with E-state index < -0.39 is 11.8 Å². The van der Waals surface area contributed by atoms with E-state index in [1.807, 2.05) is 0 Å². The summed E-state index contributed by atoms with van der Waals surface area (Å²) in [5.41, 5.74) is 0. The monoisotopic (exact) mass is 283 g/mol. The largest absolute Gasteiger partial charge is 0.466 e. The van der Waals surface area contributed by atoms with Crippen molar-refractivity contribution in [1.82, 2.24) is 4.90 Å². The van der Waals surface area contributed by atoms with E-state index in [9.17, 15) is 9.59 Å². The number of hydrogen-bond donors (Lipinski definition) is 0. The molecule has 20 heavy (non-hydrogen) atoms. The number of esters is 1. The van der Waals surface area contributed by atoms with Gasteiger partial charge in [-0.25, -0.2) is 0 Å². The third kappa shape index (κ3) is 2.86. The van der Waals surface area contributed by atoms with Crippen LogP contribution in [0.3, 0.4) is 0 Å². The first-order valence-electron chi connectivity index (χ1n) is 6.97. The van der Waals surface area contributed by atoms with Gasteiger partial charge in [0.2, 0.25) is 5.91 Å². The molecule has 0 N–H and O–H groups in total. The van der Waals surface area contributed by atoms with Crippen LogP contribution in [0, 0.1) is 0 Å². The number of likely N-dealkylation sites (tertiary alicyclic amines) is 1. The molecule has 0 saturated carbocycles. The molecule has 2 rings (SSSR count). The molecular formula is C14H21NO5. The molecule has 1 unspecified atom stereocenters. The quantitative estimate of drug-likeness (QED) is 0.425. The maximum atomic E-state index is 12.2. The first-order valence-corrected chi connectivity index (χ1v) is 6.97. The van der Waals surface area contributed by atoms with Crippen LogP contribution in [-0.4, -0.2) is 55.0 Å². The number of ether oxygens (including phenoxy) is 3. The number of nitrogens with zero attached hydrogens (tertiary/aromatic N) is 1. The maximum absolute atomic E-state index is 12.2. The summed E-state index contributed by atoms with van der Waals surface area (Å²) in [4.78, 5) is 25.3. The lowest BCUT2D eigenvalue weighted by Crippen LogP contribution is -2.47. The predicted molar refractivity (Wildman–Crippen MR) is 70.8 cm³/mol. The molecule has 0 aromatic heterocycles. The van der Waals surface area contributed by atoms with Gasteiger partial charge in [-0.05, 0) is 13.3 Å². The Bertz CT molecular complexity index is 389. The van der Waals surface area contributed by atoms with E-state index in [4.69, 9.17) is 14.2 Å². The van der Waals surface area contributed by atoms with Crippen molar-refractivity contribution >= 4 is 11.9 Å². The molecule has 6 nitrogen and oxygen atoms in total. The number of hydrogen-bond acceptors (Lipinski definition) is 5. The topological polar surface area (TPSA) is 65.1 Å². The van der Waals surface area contributed by atoms with E-state index in [1.54, 1.807) is 17.9 Å². The van der Waals surface area contributed by atoms with Crippen molar-refractivity contribution in [1.29, 1.82) is 0 Å². The molecule has 2 aliphatic heterocycles. The summed E-state index contributed by atoms with van der Waals surface area (Å²) >= 11 is 0. The molecule has 112 valence electrons. The Balaban J connectivity index is 2.05. The van der Waals surface area contributed by atoms with Crippen molar-refractivity contribution in [2.24, 2.45) is 0 Å². The number of amides is 1. The van der Waals surface area contributed by atoms with Gasteiger partial charge in [0, 0.05) is 13.0 Å². The molecule has 2 saturated heterocycles. The van der Waals surface area contributed by atoms with Gasteiger partial charge in [-0.1, -0.05) is 6.08 Å². The lowest BCUT2D eigenvalue weighted by atomic mass is 10.0. The average Bonchev–Trinajstić information content (AvgIpc) is 3.00. The van der Waals surface area contributed by atoms with Crippen molar-refractivity contribution in [2.75, 3.05) is 26.4 Å². The Morgan fingerprint density at radius 1 is 1.45 bits per heavy atom. The van der Waals surface area contributed by atoms with E-state index >= 15 is 0 Å². The van der Waals surface area contributed by atoms with E-state index in [0.29, 0.717) is 32.6 Å². The van der Waals surface area contributed by atoms with Gasteiger partial charge in [0.1, 0.15) is 6.42 Å². The van der Waals surface area contributed by atoms with E-state index in [1.165, 1.54) is 0 Å². The SMILES string of the molecule is C=CCC1N(C(=O)CC(=O)OCC)CCC12OCCO2.